The maximum absolute atomic E-state index is 11.6. The van der Waals surface area contributed by atoms with Gasteiger partial charge in [0.1, 0.15) is 0 Å². The van der Waals surface area contributed by atoms with Crippen molar-refractivity contribution < 1.29 is 19.1 Å². The van der Waals surface area contributed by atoms with Gasteiger partial charge >= 0.3 is 5.97 Å². The molecule has 18 heavy (non-hydrogen) atoms. The van der Waals surface area contributed by atoms with E-state index in [0.717, 1.165) is 22.5 Å². The molecule has 0 aromatic carbocycles. The van der Waals surface area contributed by atoms with Crippen LogP contribution in [0.2, 0.25) is 0 Å². The van der Waals surface area contributed by atoms with E-state index in [1.165, 1.54) is 11.3 Å². The molecule has 2 unspecified atom stereocenters. The average Bonchev–Trinajstić information content (AvgIpc) is 2.88. The quantitative estimate of drug-likeness (QED) is 0.621. The molecular weight excluding hydrogens is 252 g/mol. The highest BCUT2D eigenvalue weighted by Gasteiger charge is 2.30. The number of aldehydes is 1. The van der Waals surface area contributed by atoms with Gasteiger partial charge in [0.2, 0.25) is 0 Å². The standard InChI is InChI=1S/C13H16O4S/c1-2-16-13(15)11-7-9(5-6-17-11)12-4-3-10(8-14)18-12/h3-4,8-9,11H,2,5-7H2,1H3. The van der Waals surface area contributed by atoms with Crippen LogP contribution in [0.1, 0.15) is 40.2 Å². The smallest absolute Gasteiger partial charge is 0.335 e. The van der Waals surface area contributed by atoms with Crippen LogP contribution in [-0.4, -0.2) is 31.6 Å². The lowest BCUT2D eigenvalue weighted by atomic mass is 9.94. The first-order valence-electron chi connectivity index (χ1n) is 6.07. The minimum atomic E-state index is -0.467. The van der Waals surface area contributed by atoms with Crippen molar-refractivity contribution in [2.24, 2.45) is 0 Å². The highest BCUT2D eigenvalue weighted by molar-refractivity contribution is 7.13. The SMILES string of the molecule is CCOC(=O)C1CC(c2ccc(C=O)s2)CCO1. The number of ether oxygens (including phenoxy) is 2. The van der Waals surface area contributed by atoms with Crippen molar-refractivity contribution in [3.8, 4) is 0 Å². The van der Waals surface area contributed by atoms with Crippen molar-refractivity contribution in [3.63, 3.8) is 0 Å². The molecule has 5 heteroatoms. The monoisotopic (exact) mass is 268 g/mol. The predicted molar refractivity (Wildman–Crippen MR) is 68.1 cm³/mol. The molecule has 1 aliphatic rings. The van der Waals surface area contributed by atoms with Gasteiger partial charge in [0.05, 0.1) is 11.5 Å². The van der Waals surface area contributed by atoms with Gasteiger partial charge in [-0.15, -0.1) is 11.3 Å². The van der Waals surface area contributed by atoms with Crippen LogP contribution in [0.15, 0.2) is 12.1 Å². The van der Waals surface area contributed by atoms with E-state index in [9.17, 15) is 9.59 Å². The third-order valence-corrected chi connectivity index (χ3v) is 4.17. The van der Waals surface area contributed by atoms with Crippen LogP contribution in [-0.2, 0) is 14.3 Å². The molecular formula is C13H16O4S. The fraction of sp³-hybridized carbons (Fsp3) is 0.538. The minimum absolute atomic E-state index is 0.283. The molecule has 2 rings (SSSR count). The van der Waals surface area contributed by atoms with Gasteiger partial charge in [0.15, 0.2) is 12.4 Å². The summed E-state index contributed by atoms with van der Waals surface area (Å²) in [6.45, 7) is 2.72. The Bertz CT molecular complexity index is 426. The van der Waals surface area contributed by atoms with E-state index in [1.54, 1.807) is 6.92 Å². The summed E-state index contributed by atoms with van der Waals surface area (Å²) in [6.07, 6.45) is 1.91. The molecule has 0 spiro atoms. The Labute approximate surface area is 110 Å². The van der Waals surface area contributed by atoms with E-state index < -0.39 is 6.10 Å². The predicted octanol–water partition coefficient (Wildman–Crippen LogP) is 2.39. The fourth-order valence-corrected chi connectivity index (χ4v) is 3.08. The largest absolute Gasteiger partial charge is 0.464 e. The van der Waals surface area contributed by atoms with Gasteiger partial charge in [-0.25, -0.2) is 4.79 Å². The van der Waals surface area contributed by atoms with Crippen LogP contribution >= 0.6 is 11.3 Å². The lowest BCUT2D eigenvalue weighted by molar-refractivity contribution is -0.160. The molecule has 0 aliphatic carbocycles. The first-order chi connectivity index (χ1) is 8.74. The molecule has 1 saturated heterocycles. The Morgan fingerprint density at radius 2 is 2.44 bits per heavy atom. The van der Waals surface area contributed by atoms with Crippen LogP contribution in [0.4, 0.5) is 0 Å². The second kappa shape index (κ2) is 6.11. The van der Waals surface area contributed by atoms with Crippen LogP contribution < -0.4 is 0 Å². The first-order valence-corrected chi connectivity index (χ1v) is 6.89. The zero-order valence-corrected chi connectivity index (χ0v) is 11.1. The topological polar surface area (TPSA) is 52.6 Å². The van der Waals surface area contributed by atoms with Gasteiger partial charge in [0, 0.05) is 11.5 Å². The zero-order chi connectivity index (χ0) is 13.0. The zero-order valence-electron chi connectivity index (χ0n) is 10.3. The van der Waals surface area contributed by atoms with E-state index in [0.29, 0.717) is 19.6 Å². The van der Waals surface area contributed by atoms with Crippen LogP contribution in [0.3, 0.4) is 0 Å². The summed E-state index contributed by atoms with van der Waals surface area (Å²) >= 11 is 1.49. The highest BCUT2D eigenvalue weighted by atomic mass is 32.1. The summed E-state index contributed by atoms with van der Waals surface area (Å²) in [6, 6.07) is 3.79. The molecule has 1 aliphatic heterocycles. The minimum Gasteiger partial charge on any atom is -0.464 e. The Morgan fingerprint density at radius 1 is 1.61 bits per heavy atom. The van der Waals surface area contributed by atoms with Crippen molar-refractivity contribution in [2.45, 2.75) is 31.8 Å². The van der Waals surface area contributed by atoms with E-state index in [-0.39, 0.29) is 11.9 Å². The molecule has 4 nitrogen and oxygen atoms in total. The molecule has 0 bridgehead atoms. The van der Waals surface area contributed by atoms with Crippen LogP contribution in [0, 0.1) is 0 Å². The normalized spacial score (nSPS) is 23.6. The van der Waals surface area contributed by atoms with Gasteiger partial charge in [-0.3, -0.25) is 4.79 Å². The first kappa shape index (κ1) is 13.2. The van der Waals surface area contributed by atoms with Crippen molar-refractivity contribution in [3.05, 3.63) is 21.9 Å². The van der Waals surface area contributed by atoms with Crippen molar-refractivity contribution >= 4 is 23.6 Å². The van der Waals surface area contributed by atoms with E-state index >= 15 is 0 Å². The second-order valence-corrected chi connectivity index (χ2v) is 5.34. The lowest BCUT2D eigenvalue weighted by Gasteiger charge is -2.27. The number of rotatable bonds is 4. The number of thiophene rings is 1. The Morgan fingerprint density at radius 3 is 3.11 bits per heavy atom. The molecule has 2 heterocycles. The maximum Gasteiger partial charge on any atom is 0.335 e. The highest BCUT2D eigenvalue weighted by Crippen LogP contribution is 2.34. The van der Waals surface area contributed by atoms with Gasteiger partial charge in [-0.05, 0) is 37.8 Å². The molecule has 0 amide bonds. The molecule has 1 aromatic heterocycles. The number of esters is 1. The summed E-state index contributed by atoms with van der Waals surface area (Å²) < 4.78 is 10.4. The fourth-order valence-electron chi connectivity index (χ4n) is 2.11. The Kier molecular flexibility index (Phi) is 4.49. The van der Waals surface area contributed by atoms with Gasteiger partial charge in [-0.2, -0.15) is 0 Å². The van der Waals surface area contributed by atoms with E-state index in [1.807, 2.05) is 12.1 Å². The molecule has 0 saturated carbocycles. The van der Waals surface area contributed by atoms with Crippen LogP contribution in [0.5, 0.6) is 0 Å². The van der Waals surface area contributed by atoms with Crippen LogP contribution in [0.25, 0.3) is 0 Å². The van der Waals surface area contributed by atoms with Gasteiger partial charge in [-0.1, -0.05) is 0 Å². The van der Waals surface area contributed by atoms with E-state index in [4.69, 9.17) is 9.47 Å². The number of hydrogen-bond acceptors (Lipinski definition) is 5. The summed E-state index contributed by atoms with van der Waals surface area (Å²) in [4.78, 5) is 24.2. The van der Waals surface area contributed by atoms with E-state index in [2.05, 4.69) is 0 Å². The summed E-state index contributed by atoms with van der Waals surface area (Å²) in [7, 11) is 0. The number of hydrogen-bond donors (Lipinski definition) is 0. The number of carbonyl (C=O) groups excluding carboxylic acids is 2. The lowest BCUT2D eigenvalue weighted by Crippen LogP contribution is -2.33. The van der Waals surface area contributed by atoms with Gasteiger partial charge in [0.25, 0.3) is 0 Å². The Balaban J connectivity index is 2.01. The van der Waals surface area contributed by atoms with Crippen molar-refractivity contribution in [1.82, 2.24) is 0 Å². The average molecular weight is 268 g/mol. The molecule has 1 aromatic rings. The molecule has 98 valence electrons. The summed E-state index contributed by atoms with van der Waals surface area (Å²) in [5, 5.41) is 0. The molecule has 2 atom stereocenters. The maximum atomic E-state index is 11.6. The summed E-state index contributed by atoms with van der Waals surface area (Å²) in [5.74, 6) is 0.00113. The number of carbonyl (C=O) groups is 2. The molecule has 0 radical (unpaired) electrons. The van der Waals surface area contributed by atoms with Crippen molar-refractivity contribution in [1.29, 1.82) is 0 Å². The Hall–Kier alpha value is -1.20. The van der Waals surface area contributed by atoms with Gasteiger partial charge < -0.3 is 9.47 Å². The second-order valence-electron chi connectivity index (χ2n) is 4.19. The van der Waals surface area contributed by atoms with Crippen molar-refractivity contribution in [2.75, 3.05) is 13.2 Å². The third kappa shape index (κ3) is 2.97. The summed E-state index contributed by atoms with van der Waals surface area (Å²) in [5.41, 5.74) is 0. The molecule has 1 fully saturated rings. The third-order valence-electron chi connectivity index (χ3n) is 3.00. The molecule has 0 N–H and O–H groups in total.